The molecule has 9 aromatic carbocycles. The standard InChI is InChI=1S/C62H50N2/c1-61(2)53-19-11-13-21-57(53)63(51-15-7-5-8-16-51)59-39-37-49(41-55(59)61)47-31-27-44(28-32-47)24-23-43-25-29-45(30-26-43)46-33-35-48(36-34-46)50-38-40-60-56(42-50)62(3,4)54-20-12-14-22-58(54)64(60)52-17-9-6-10-18-52/h5-42H,1-4H3/b24-23+. The Morgan fingerprint density at radius 3 is 0.969 bits per heavy atom. The van der Waals surface area contributed by atoms with E-state index in [0.29, 0.717) is 0 Å². The van der Waals surface area contributed by atoms with Crippen LogP contribution >= 0.6 is 0 Å². The van der Waals surface area contributed by atoms with Gasteiger partial charge in [0.2, 0.25) is 0 Å². The highest BCUT2D eigenvalue weighted by Crippen LogP contribution is 2.54. The predicted molar refractivity (Wildman–Crippen MR) is 272 cm³/mol. The van der Waals surface area contributed by atoms with Crippen molar-refractivity contribution in [3.8, 4) is 33.4 Å². The van der Waals surface area contributed by atoms with Gasteiger partial charge in [0.1, 0.15) is 0 Å². The molecule has 11 rings (SSSR count). The van der Waals surface area contributed by atoms with Crippen LogP contribution in [0, 0.1) is 0 Å². The third-order valence-electron chi connectivity index (χ3n) is 13.7. The van der Waals surface area contributed by atoms with Crippen LogP contribution in [-0.4, -0.2) is 0 Å². The highest BCUT2D eigenvalue weighted by molar-refractivity contribution is 5.89. The lowest BCUT2D eigenvalue weighted by Crippen LogP contribution is -2.30. The number of para-hydroxylation sites is 4. The highest BCUT2D eigenvalue weighted by atomic mass is 15.2. The van der Waals surface area contributed by atoms with E-state index in [4.69, 9.17) is 0 Å². The number of hydrogen-bond donors (Lipinski definition) is 0. The Morgan fingerprint density at radius 1 is 0.281 bits per heavy atom. The van der Waals surface area contributed by atoms with Gasteiger partial charge in [-0.2, -0.15) is 0 Å². The highest BCUT2D eigenvalue weighted by Gasteiger charge is 2.38. The van der Waals surface area contributed by atoms with Crippen molar-refractivity contribution in [1.29, 1.82) is 0 Å². The maximum atomic E-state index is 2.41. The molecule has 0 spiro atoms. The number of benzene rings is 9. The van der Waals surface area contributed by atoms with E-state index in [-0.39, 0.29) is 10.8 Å². The fourth-order valence-electron chi connectivity index (χ4n) is 10.1. The van der Waals surface area contributed by atoms with Gasteiger partial charge in [-0.15, -0.1) is 0 Å². The van der Waals surface area contributed by atoms with E-state index in [1.807, 2.05) is 0 Å². The van der Waals surface area contributed by atoms with E-state index < -0.39 is 0 Å². The zero-order valence-electron chi connectivity index (χ0n) is 36.8. The van der Waals surface area contributed by atoms with Crippen molar-refractivity contribution in [1.82, 2.24) is 0 Å². The SMILES string of the molecule is CC1(C)c2ccccc2N(c2ccccc2)c2ccc(-c3ccc(/C=C/c4ccc(-c5ccc(-c6ccc7c(c6)C(C)(C)c6ccccc6N7c6ccccc6)cc5)cc4)cc3)cc21. The first kappa shape index (κ1) is 39.2. The van der Waals surface area contributed by atoms with Gasteiger partial charge in [-0.25, -0.2) is 0 Å². The van der Waals surface area contributed by atoms with Crippen molar-refractivity contribution in [2.45, 2.75) is 38.5 Å². The number of anilines is 6. The van der Waals surface area contributed by atoms with Crippen LogP contribution < -0.4 is 9.80 Å². The number of fused-ring (bicyclic) bond motifs is 4. The number of nitrogens with zero attached hydrogens (tertiary/aromatic N) is 2. The van der Waals surface area contributed by atoms with Crippen LogP contribution in [0.5, 0.6) is 0 Å². The normalized spacial score (nSPS) is 14.4. The van der Waals surface area contributed by atoms with E-state index in [0.717, 1.165) is 0 Å². The van der Waals surface area contributed by atoms with Crippen molar-refractivity contribution in [3.05, 3.63) is 252 Å². The Morgan fingerprint density at radius 2 is 0.578 bits per heavy atom. The van der Waals surface area contributed by atoms with Crippen molar-refractivity contribution in [3.63, 3.8) is 0 Å². The smallest absolute Gasteiger partial charge is 0.0503 e. The largest absolute Gasteiger partial charge is 0.310 e. The molecule has 0 fully saturated rings. The molecule has 0 unspecified atom stereocenters. The Kier molecular flexibility index (Phi) is 9.55. The van der Waals surface area contributed by atoms with Crippen molar-refractivity contribution in [2.75, 3.05) is 9.80 Å². The third kappa shape index (κ3) is 6.74. The van der Waals surface area contributed by atoms with Crippen molar-refractivity contribution in [2.24, 2.45) is 0 Å². The minimum atomic E-state index is -0.145. The second-order valence-electron chi connectivity index (χ2n) is 18.2. The Bertz CT molecular complexity index is 3180. The molecule has 0 radical (unpaired) electrons. The van der Waals surface area contributed by atoms with E-state index in [1.54, 1.807) is 0 Å². The molecule has 2 nitrogen and oxygen atoms in total. The maximum absolute atomic E-state index is 2.41. The van der Waals surface area contributed by atoms with Crippen molar-refractivity contribution < 1.29 is 0 Å². The van der Waals surface area contributed by atoms with E-state index in [1.165, 1.54) is 101 Å². The van der Waals surface area contributed by atoms with Crippen molar-refractivity contribution >= 4 is 46.3 Å². The van der Waals surface area contributed by atoms with Gasteiger partial charge in [0.05, 0.1) is 22.7 Å². The average molecular weight is 823 g/mol. The molecule has 0 bridgehead atoms. The van der Waals surface area contributed by atoms with Gasteiger partial charge in [0.15, 0.2) is 0 Å². The molecule has 2 heteroatoms. The van der Waals surface area contributed by atoms with Gasteiger partial charge in [0.25, 0.3) is 0 Å². The van der Waals surface area contributed by atoms with E-state index in [9.17, 15) is 0 Å². The quantitative estimate of drug-likeness (QED) is 0.148. The van der Waals surface area contributed by atoms with Crippen LogP contribution in [0.3, 0.4) is 0 Å². The molecular weight excluding hydrogens is 773 g/mol. The predicted octanol–water partition coefficient (Wildman–Crippen LogP) is 17.1. The zero-order chi connectivity index (χ0) is 43.4. The maximum Gasteiger partial charge on any atom is 0.0503 e. The molecule has 0 aliphatic carbocycles. The van der Waals surface area contributed by atoms with Gasteiger partial charge in [-0.05, 0) is 127 Å². The summed E-state index contributed by atoms with van der Waals surface area (Å²) in [5, 5.41) is 0. The Balaban J connectivity index is 0.799. The van der Waals surface area contributed by atoms with Crippen LogP contribution in [0.15, 0.2) is 218 Å². The van der Waals surface area contributed by atoms with Crippen LogP contribution in [0.25, 0.3) is 45.5 Å². The molecule has 0 saturated heterocycles. The first-order valence-corrected chi connectivity index (χ1v) is 22.4. The van der Waals surface area contributed by atoms with Crippen LogP contribution in [0.2, 0.25) is 0 Å². The summed E-state index contributed by atoms with van der Waals surface area (Å²) in [4.78, 5) is 4.82. The Hall–Kier alpha value is -7.68. The van der Waals surface area contributed by atoms with Crippen LogP contribution in [0.1, 0.15) is 61.1 Å². The summed E-state index contributed by atoms with van der Waals surface area (Å²) in [5.41, 5.74) is 22.0. The number of hydrogen-bond acceptors (Lipinski definition) is 2. The molecule has 0 aromatic heterocycles. The number of rotatable bonds is 7. The fourth-order valence-corrected chi connectivity index (χ4v) is 10.1. The molecule has 2 aliphatic rings. The Labute approximate surface area is 378 Å². The molecule has 0 amide bonds. The summed E-state index contributed by atoms with van der Waals surface area (Å²) >= 11 is 0. The van der Waals surface area contributed by atoms with Crippen LogP contribution in [0.4, 0.5) is 34.1 Å². The van der Waals surface area contributed by atoms with Gasteiger partial charge in [-0.3, -0.25) is 0 Å². The summed E-state index contributed by atoms with van der Waals surface area (Å²) in [7, 11) is 0. The minimum absolute atomic E-state index is 0.143. The third-order valence-corrected chi connectivity index (χ3v) is 13.7. The molecule has 2 aliphatic heterocycles. The fraction of sp³-hybridized carbons (Fsp3) is 0.0968. The average Bonchev–Trinajstić information content (AvgIpc) is 3.34. The summed E-state index contributed by atoms with van der Waals surface area (Å²) in [6.07, 6.45) is 4.41. The van der Waals surface area contributed by atoms with E-state index in [2.05, 4.69) is 268 Å². The second kappa shape index (κ2) is 15.6. The molecule has 64 heavy (non-hydrogen) atoms. The molecule has 0 N–H and O–H groups in total. The zero-order valence-corrected chi connectivity index (χ0v) is 36.8. The van der Waals surface area contributed by atoms with Gasteiger partial charge >= 0.3 is 0 Å². The first-order chi connectivity index (χ1) is 31.2. The van der Waals surface area contributed by atoms with Crippen LogP contribution in [-0.2, 0) is 10.8 Å². The van der Waals surface area contributed by atoms with Gasteiger partial charge in [-0.1, -0.05) is 198 Å². The molecule has 9 aromatic rings. The summed E-state index contributed by atoms with van der Waals surface area (Å²) in [6, 6.07) is 79.9. The van der Waals surface area contributed by atoms with Gasteiger partial charge < -0.3 is 9.80 Å². The molecule has 0 saturated carbocycles. The molecule has 0 atom stereocenters. The summed E-state index contributed by atoms with van der Waals surface area (Å²) < 4.78 is 0. The van der Waals surface area contributed by atoms with Gasteiger partial charge in [0, 0.05) is 22.2 Å². The monoisotopic (exact) mass is 822 g/mol. The second-order valence-corrected chi connectivity index (χ2v) is 18.2. The molecular formula is C62H50N2. The lowest BCUT2D eigenvalue weighted by Gasteiger charge is -2.42. The molecule has 308 valence electrons. The first-order valence-electron chi connectivity index (χ1n) is 22.4. The topological polar surface area (TPSA) is 6.48 Å². The molecule has 2 heterocycles. The lowest BCUT2D eigenvalue weighted by molar-refractivity contribution is 0.632. The summed E-state index contributed by atoms with van der Waals surface area (Å²) in [5.74, 6) is 0. The minimum Gasteiger partial charge on any atom is -0.310 e. The lowest BCUT2D eigenvalue weighted by atomic mass is 9.73. The summed E-state index contributed by atoms with van der Waals surface area (Å²) in [6.45, 7) is 9.40. The van der Waals surface area contributed by atoms with E-state index >= 15 is 0 Å².